The molecule has 44 heavy (non-hydrogen) atoms. The minimum Gasteiger partial charge on any atom is -0.496 e. The lowest BCUT2D eigenvalue weighted by molar-refractivity contribution is -0.143. The number of ether oxygens (including phenoxy) is 2. The number of carbonyl (C=O) groups excluding carboxylic acids is 1. The van der Waals surface area contributed by atoms with Crippen LogP contribution in [0.15, 0.2) is 48.5 Å². The van der Waals surface area contributed by atoms with Crippen LogP contribution >= 0.6 is 0 Å². The lowest BCUT2D eigenvalue weighted by atomic mass is 9.88. The first-order valence-electron chi connectivity index (χ1n) is 14.7. The standard InChI is InChI=1S/C30H25F10NO3/c1-14(2)24-22(31)7-8-23(43-4)25(24)21-6-5-18(28(32,33)34)11-17(21)13-41-15(3)26(44-27(41)42)16-9-19(29(35,36)37)12-20(10-16)30(38,39)40/h5-12,14-15,26H,13H2,1-4H3/t15-,26-/m0/s1/i4D3,14D. The van der Waals surface area contributed by atoms with E-state index >= 15 is 4.39 Å². The summed E-state index contributed by atoms with van der Waals surface area (Å²) in [5.74, 6) is -3.45. The molecule has 1 fully saturated rings. The smallest absolute Gasteiger partial charge is 0.416 e. The number of hydrogen-bond acceptors (Lipinski definition) is 3. The van der Waals surface area contributed by atoms with Gasteiger partial charge in [-0.15, -0.1) is 0 Å². The molecule has 1 aliphatic heterocycles. The maximum absolute atomic E-state index is 15.3. The van der Waals surface area contributed by atoms with Gasteiger partial charge in [0.05, 0.1) is 40.4 Å². The largest absolute Gasteiger partial charge is 0.496 e. The molecule has 0 unspecified atom stereocenters. The van der Waals surface area contributed by atoms with Crippen molar-refractivity contribution in [2.75, 3.05) is 7.04 Å². The Labute approximate surface area is 250 Å². The molecule has 0 aromatic heterocycles. The third-order valence-corrected chi connectivity index (χ3v) is 7.10. The van der Waals surface area contributed by atoms with E-state index < -0.39 is 107 Å². The molecule has 14 heteroatoms. The van der Waals surface area contributed by atoms with Crippen molar-refractivity contribution < 1.29 is 63.7 Å². The lowest BCUT2D eigenvalue weighted by Crippen LogP contribution is -2.32. The Morgan fingerprint density at radius 2 is 1.50 bits per heavy atom. The summed E-state index contributed by atoms with van der Waals surface area (Å²) in [7, 11) is -3.15. The van der Waals surface area contributed by atoms with Gasteiger partial charge in [0.25, 0.3) is 0 Å². The van der Waals surface area contributed by atoms with Crippen molar-refractivity contribution in [3.63, 3.8) is 0 Å². The number of alkyl halides is 9. The Morgan fingerprint density at radius 1 is 0.909 bits per heavy atom. The Balaban J connectivity index is 1.90. The highest BCUT2D eigenvalue weighted by Crippen LogP contribution is 2.45. The number of rotatable bonds is 6. The van der Waals surface area contributed by atoms with Crippen LogP contribution in [-0.2, 0) is 29.8 Å². The molecule has 1 aliphatic rings. The first-order valence-corrected chi connectivity index (χ1v) is 12.7. The minimum atomic E-state index is -5.22. The fourth-order valence-corrected chi connectivity index (χ4v) is 5.03. The van der Waals surface area contributed by atoms with Gasteiger partial charge in [-0.05, 0) is 72.0 Å². The highest BCUT2D eigenvalue weighted by molar-refractivity contribution is 5.79. The maximum Gasteiger partial charge on any atom is 0.416 e. The van der Waals surface area contributed by atoms with Gasteiger partial charge >= 0.3 is 24.6 Å². The predicted octanol–water partition coefficient (Wildman–Crippen LogP) is 9.76. The van der Waals surface area contributed by atoms with Crippen LogP contribution in [0.5, 0.6) is 5.75 Å². The van der Waals surface area contributed by atoms with Gasteiger partial charge < -0.3 is 9.47 Å². The van der Waals surface area contributed by atoms with Crippen molar-refractivity contribution in [1.82, 2.24) is 4.90 Å². The number of methoxy groups -OCH3 is 1. The van der Waals surface area contributed by atoms with Gasteiger partial charge in [0, 0.05) is 12.5 Å². The molecule has 1 amide bonds. The first-order chi connectivity index (χ1) is 21.7. The van der Waals surface area contributed by atoms with Crippen molar-refractivity contribution in [2.45, 2.75) is 63.9 Å². The van der Waals surface area contributed by atoms with Crippen LogP contribution in [0.3, 0.4) is 0 Å². The zero-order chi connectivity index (χ0) is 36.4. The molecular formula is C30H25F10NO3. The molecule has 238 valence electrons. The number of carbonyl (C=O) groups is 1. The van der Waals surface area contributed by atoms with Gasteiger partial charge in [-0.2, -0.15) is 39.5 Å². The summed E-state index contributed by atoms with van der Waals surface area (Å²) in [6.45, 7) is 2.78. The summed E-state index contributed by atoms with van der Waals surface area (Å²) in [5.41, 5.74) is -6.98. The molecule has 0 bridgehead atoms. The van der Waals surface area contributed by atoms with Crippen molar-refractivity contribution in [2.24, 2.45) is 0 Å². The Hall–Kier alpha value is -3.97. The van der Waals surface area contributed by atoms with Crippen LogP contribution in [0.2, 0.25) is 0 Å². The van der Waals surface area contributed by atoms with E-state index in [2.05, 4.69) is 0 Å². The van der Waals surface area contributed by atoms with Crippen LogP contribution < -0.4 is 4.74 Å². The third-order valence-electron chi connectivity index (χ3n) is 7.10. The van der Waals surface area contributed by atoms with Crippen LogP contribution in [0.1, 0.15) is 71.6 Å². The van der Waals surface area contributed by atoms with E-state index in [1.54, 1.807) is 0 Å². The number of nitrogens with zero attached hydrogens (tertiary/aromatic N) is 1. The van der Waals surface area contributed by atoms with Crippen molar-refractivity contribution in [1.29, 1.82) is 0 Å². The molecule has 1 heterocycles. The summed E-state index contributed by atoms with van der Waals surface area (Å²) < 4.78 is 179. The van der Waals surface area contributed by atoms with Crippen molar-refractivity contribution >= 4 is 6.09 Å². The van der Waals surface area contributed by atoms with Crippen LogP contribution in [0.25, 0.3) is 11.1 Å². The van der Waals surface area contributed by atoms with E-state index in [0.717, 1.165) is 23.1 Å². The lowest BCUT2D eigenvalue weighted by Gasteiger charge is -2.25. The van der Waals surface area contributed by atoms with Gasteiger partial charge in [0.1, 0.15) is 17.7 Å². The Bertz CT molecular complexity index is 1680. The topological polar surface area (TPSA) is 38.8 Å². The zero-order valence-corrected chi connectivity index (χ0v) is 22.9. The second-order valence-electron chi connectivity index (χ2n) is 10.3. The Kier molecular flexibility index (Phi) is 7.21. The summed E-state index contributed by atoms with van der Waals surface area (Å²) in [5, 5.41) is 0. The zero-order valence-electron chi connectivity index (χ0n) is 26.9. The SMILES string of the molecule is [2H]C([2H])([2H])Oc1ccc(F)c(C([2H])(C)C)c1-c1ccc(C(F)(F)F)cc1CN1C(=O)O[C@H](c2cc(C(F)(F)F)cc(C(F)(F)F)c2)[C@@H]1C. The molecule has 3 aromatic rings. The average Bonchev–Trinajstić information content (AvgIpc) is 3.19. The number of halogens is 10. The molecule has 4 rings (SSSR count). The fourth-order valence-electron chi connectivity index (χ4n) is 5.03. The number of hydrogen-bond donors (Lipinski definition) is 0. The van der Waals surface area contributed by atoms with Gasteiger partial charge in [-0.1, -0.05) is 19.9 Å². The number of cyclic esters (lactones) is 1. The average molecular weight is 642 g/mol. The minimum absolute atomic E-state index is 0.124. The summed E-state index contributed by atoms with van der Waals surface area (Å²) in [6.07, 6.45) is -18.5. The summed E-state index contributed by atoms with van der Waals surface area (Å²) in [4.78, 5) is 13.8. The maximum atomic E-state index is 15.3. The Morgan fingerprint density at radius 3 is 2.02 bits per heavy atom. The molecule has 0 saturated carbocycles. The molecular weight excluding hydrogens is 612 g/mol. The summed E-state index contributed by atoms with van der Waals surface area (Å²) in [6, 6.07) is 2.90. The quantitative estimate of drug-likeness (QED) is 0.252. The second kappa shape index (κ2) is 11.5. The van der Waals surface area contributed by atoms with Gasteiger partial charge in [-0.3, -0.25) is 4.90 Å². The highest BCUT2D eigenvalue weighted by Gasteiger charge is 2.44. The van der Waals surface area contributed by atoms with E-state index in [-0.39, 0.29) is 11.6 Å². The second-order valence-corrected chi connectivity index (χ2v) is 10.3. The van der Waals surface area contributed by atoms with Gasteiger partial charge in [0.2, 0.25) is 0 Å². The normalized spacial score (nSPS) is 19.7. The monoisotopic (exact) mass is 641 g/mol. The van der Waals surface area contributed by atoms with Crippen molar-refractivity contribution in [3.05, 3.63) is 87.7 Å². The molecule has 3 aromatic carbocycles. The number of benzene rings is 3. The molecule has 2 atom stereocenters. The molecule has 0 spiro atoms. The summed E-state index contributed by atoms with van der Waals surface area (Å²) >= 11 is 0. The van der Waals surface area contributed by atoms with E-state index in [1.807, 2.05) is 0 Å². The van der Waals surface area contributed by atoms with Crippen LogP contribution in [-0.4, -0.2) is 24.1 Å². The fraction of sp³-hybridized carbons (Fsp3) is 0.367. The van der Waals surface area contributed by atoms with E-state index in [9.17, 15) is 44.3 Å². The molecule has 1 saturated heterocycles. The molecule has 0 N–H and O–H groups in total. The predicted molar refractivity (Wildman–Crippen MR) is 138 cm³/mol. The van der Waals surface area contributed by atoms with E-state index in [1.165, 1.54) is 20.8 Å². The number of amides is 1. The molecule has 0 radical (unpaired) electrons. The first kappa shape index (κ1) is 27.6. The third kappa shape index (κ3) is 6.43. The van der Waals surface area contributed by atoms with Crippen LogP contribution in [0.4, 0.5) is 48.7 Å². The molecule has 4 nitrogen and oxygen atoms in total. The van der Waals surface area contributed by atoms with Crippen LogP contribution in [0, 0.1) is 5.82 Å². The van der Waals surface area contributed by atoms with Gasteiger partial charge in [-0.25, -0.2) is 9.18 Å². The molecule has 0 aliphatic carbocycles. The highest BCUT2D eigenvalue weighted by atomic mass is 19.4. The van der Waals surface area contributed by atoms with E-state index in [4.69, 9.17) is 15.0 Å². The van der Waals surface area contributed by atoms with E-state index in [0.29, 0.717) is 24.3 Å². The van der Waals surface area contributed by atoms with Gasteiger partial charge in [0.15, 0.2) is 0 Å². The van der Waals surface area contributed by atoms with Crippen molar-refractivity contribution in [3.8, 4) is 16.9 Å².